The molecule has 2 aliphatic rings. The molecule has 6 nitrogen and oxygen atoms in total. The average molecular weight is 284 g/mol. The molecule has 20 heavy (non-hydrogen) atoms. The largest absolute Gasteiger partial charge is 0.514 e. The summed E-state index contributed by atoms with van der Waals surface area (Å²) in [6.07, 6.45) is 0.0958. The molecular weight excluding hydrogens is 264 g/mol. The highest BCUT2D eigenvalue weighted by Gasteiger charge is 2.41. The van der Waals surface area contributed by atoms with Crippen molar-refractivity contribution in [3.05, 3.63) is 24.7 Å². The van der Waals surface area contributed by atoms with Crippen LogP contribution in [0.1, 0.15) is 40.5 Å². The average Bonchev–Trinajstić information content (AvgIpc) is 2.78. The molecule has 2 atom stereocenters. The van der Waals surface area contributed by atoms with Crippen LogP contribution < -0.4 is 0 Å². The van der Waals surface area contributed by atoms with Gasteiger partial charge in [0.1, 0.15) is 11.5 Å². The van der Waals surface area contributed by atoms with E-state index in [1.807, 2.05) is 13.8 Å². The summed E-state index contributed by atoms with van der Waals surface area (Å²) in [5, 5.41) is 0. The molecule has 2 aliphatic heterocycles. The molecule has 2 saturated heterocycles. The van der Waals surface area contributed by atoms with E-state index in [0.29, 0.717) is 24.4 Å². The second-order valence-corrected chi connectivity index (χ2v) is 4.92. The van der Waals surface area contributed by atoms with E-state index in [1.54, 1.807) is 13.8 Å². The number of rotatable bonds is 2. The molecule has 6 heteroatoms. The van der Waals surface area contributed by atoms with Gasteiger partial charge in [0.2, 0.25) is 0 Å². The van der Waals surface area contributed by atoms with Gasteiger partial charge in [0.25, 0.3) is 0 Å². The van der Waals surface area contributed by atoms with Crippen molar-refractivity contribution in [1.29, 1.82) is 0 Å². The summed E-state index contributed by atoms with van der Waals surface area (Å²) in [7, 11) is 0. The number of hydrogen-bond donors (Lipinski definition) is 0. The third kappa shape index (κ3) is 3.12. The highest BCUT2D eigenvalue weighted by atomic mass is 16.8. The lowest BCUT2D eigenvalue weighted by Gasteiger charge is -2.16. The lowest BCUT2D eigenvalue weighted by atomic mass is 10.0. The number of cyclic esters (lactones) is 4. The van der Waals surface area contributed by atoms with E-state index >= 15 is 0 Å². The molecule has 0 aromatic rings. The molecule has 0 spiro atoms. The number of carbonyl (C=O) groups is 2. The van der Waals surface area contributed by atoms with Crippen LogP contribution in [0.4, 0.5) is 9.59 Å². The first kappa shape index (κ1) is 16.1. The molecule has 2 heterocycles. The molecule has 0 aliphatic carbocycles. The fourth-order valence-electron chi connectivity index (χ4n) is 1.48. The second kappa shape index (κ2) is 5.56. The Morgan fingerprint density at radius 1 is 0.850 bits per heavy atom. The smallest absolute Gasteiger partial charge is 0.419 e. The second-order valence-electron chi connectivity index (χ2n) is 4.92. The molecule has 0 amide bonds. The normalized spacial score (nSPS) is 31.8. The Labute approximate surface area is 118 Å². The molecule has 0 bridgehead atoms. The Hall–Kier alpha value is -1.98. The Bertz CT molecular complexity index is 413. The van der Waals surface area contributed by atoms with Gasteiger partial charge in [0, 0.05) is 0 Å². The summed E-state index contributed by atoms with van der Waals surface area (Å²) < 4.78 is 18.9. The monoisotopic (exact) mass is 284 g/mol. The van der Waals surface area contributed by atoms with Crippen molar-refractivity contribution >= 4 is 12.3 Å². The Kier molecular flexibility index (Phi) is 4.47. The predicted octanol–water partition coefficient (Wildman–Crippen LogP) is 3.67. The van der Waals surface area contributed by atoms with Gasteiger partial charge in [0.05, 0.1) is 0 Å². The minimum atomic E-state index is -0.644. The van der Waals surface area contributed by atoms with Gasteiger partial charge in [-0.3, -0.25) is 0 Å². The summed E-state index contributed by atoms with van der Waals surface area (Å²) in [5.74, 6) is 0.806. The van der Waals surface area contributed by atoms with Gasteiger partial charge in [-0.25, -0.2) is 9.59 Å². The van der Waals surface area contributed by atoms with E-state index in [2.05, 4.69) is 22.6 Å². The maximum Gasteiger partial charge on any atom is 0.514 e. The van der Waals surface area contributed by atoms with Crippen LogP contribution in [-0.2, 0) is 18.9 Å². The quantitative estimate of drug-likeness (QED) is 0.720. The topological polar surface area (TPSA) is 71.1 Å². The Morgan fingerprint density at radius 2 is 1.15 bits per heavy atom. The van der Waals surface area contributed by atoms with Crippen molar-refractivity contribution in [3.63, 3.8) is 0 Å². The van der Waals surface area contributed by atoms with Gasteiger partial charge in [-0.05, 0) is 26.7 Å². The molecule has 2 fully saturated rings. The van der Waals surface area contributed by atoms with Crippen molar-refractivity contribution in [1.82, 2.24) is 0 Å². The van der Waals surface area contributed by atoms with Crippen LogP contribution in [0.3, 0.4) is 0 Å². The van der Waals surface area contributed by atoms with Crippen LogP contribution in [0, 0.1) is 0 Å². The van der Waals surface area contributed by atoms with Gasteiger partial charge in [-0.1, -0.05) is 27.0 Å². The van der Waals surface area contributed by atoms with E-state index < -0.39 is 23.5 Å². The highest BCUT2D eigenvalue weighted by molar-refractivity contribution is 5.66. The van der Waals surface area contributed by atoms with Gasteiger partial charge in [-0.2, -0.15) is 0 Å². The number of hydrogen-bond acceptors (Lipinski definition) is 6. The molecule has 0 N–H and O–H groups in total. The maximum absolute atomic E-state index is 10.5. The van der Waals surface area contributed by atoms with Crippen molar-refractivity contribution in [2.75, 3.05) is 0 Å². The summed E-state index contributed by atoms with van der Waals surface area (Å²) >= 11 is 0. The molecule has 0 aromatic carbocycles. The Balaban J connectivity index is 0.000000200. The molecule has 0 aromatic heterocycles. The standard InChI is InChI=1S/2C7H10O3/c2*1-4-7(3)5(2)9-6(8)10-7/h2*2,4H2,1,3H3. The van der Waals surface area contributed by atoms with Gasteiger partial charge in [-0.15, -0.1) is 0 Å². The van der Waals surface area contributed by atoms with Crippen molar-refractivity contribution in [2.45, 2.75) is 51.7 Å². The van der Waals surface area contributed by atoms with Gasteiger partial charge in [0.15, 0.2) is 11.2 Å². The lowest BCUT2D eigenvalue weighted by molar-refractivity contribution is 0.0735. The third-order valence-electron chi connectivity index (χ3n) is 3.56. The van der Waals surface area contributed by atoms with Crippen molar-refractivity contribution in [2.24, 2.45) is 0 Å². The zero-order valence-corrected chi connectivity index (χ0v) is 12.3. The van der Waals surface area contributed by atoms with Gasteiger partial charge >= 0.3 is 12.3 Å². The Morgan fingerprint density at radius 3 is 1.25 bits per heavy atom. The van der Waals surface area contributed by atoms with Crippen molar-refractivity contribution in [3.8, 4) is 0 Å². The van der Waals surface area contributed by atoms with Crippen LogP contribution in [0.15, 0.2) is 24.7 Å². The molecule has 2 unspecified atom stereocenters. The first-order chi connectivity index (χ1) is 9.16. The number of ether oxygens (including phenoxy) is 4. The summed E-state index contributed by atoms with van der Waals surface area (Å²) in [6.45, 7) is 14.5. The maximum atomic E-state index is 10.5. The first-order valence-corrected chi connectivity index (χ1v) is 6.37. The molecular formula is C14H20O6. The molecule has 112 valence electrons. The summed E-state index contributed by atoms with van der Waals surface area (Å²) in [5.41, 5.74) is -1.20. The number of carbonyl (C=O) groups excluding carboxylic acids is 2. The molecule has 0 radical (unpaired) electrons. The third-order valence-corrected chi connectivity index (χ3v) is 3.56. The van der Waals surface area contributed by atoms with E-state index in [-0.39, 0.29) is 0 Å². The van der Waals surface area contributed by atoms with E-state index in [1.165, 1.54) is 0 Å². The fourth-order valence-corrected chi connectivity index (χ4v) is 1.48. The summed E-state index contributed by atoms with van der Waals surface area (Å²) in [4.78, 5) is 21.0. The minimum absolute atomic E-state index is 0.403. The van der Waals surface area contributed by atoms with E-state index in [4.69, 9.17) is 9.47 Å². The van der Waals surface area contributed by atoms with Crippen molar-refractivity contribution < 1.29 is 28.5 Å². The molecule has 2 rings (SSSR count). The van der Waals surface area contributed by atoms with Crippen LogP contribution in [-0.4, -0.2) is 23.5 Å². The van der Waals surface area contributed by atoms with Crippen LogP contribution in [0.2, 0.25) is 0 Å². The zero-order valence-electron chi connectivity index (χ0n) is 12.3. The van der Waals surface area contributed by atoms with Crippen LogP contribution in [0.5, 0.6) is 0 Å². The first-order valence-electron chi connectivity index (χ1n) is 6.37. The summed E-state index contributed by atoms with van der Waals surface area (Å²) in [6, 6.07) is 0. The predicted molar refractivity (Wildman–Crippen MR) is 70.8 cm³/mol. The SMILES string of the molecule is C=C1OC(=O)OC1(C)CC.C=C1OC(=O)OC1(C)CC. The highest BCUT2D eigenvalue weighted by Crippen LogP contribution is 2.32. The lowest BCUT2D eigenvalue weighted by Crippen LogP contribution is -2.23. The van der Waals surface area contributed by atoms with Gasteiger partial charge < -0.3 is 18.9 Å². The minimum Gasteiger partial charge on any atom is -0.419 e. The molecule has 0 saturated carbocycles. The van der Waals surface area contributed by atoms with Crippen LogP contribution >= 0.6 is 0 Å². The fraction of sp³-hybridized carbons (Fsp3) is 0.571. The zero-order chi connectivity index (χ0) is 15.6. The van der Waals surface area contributed by atoms with E-state index in [9.17, 15) is 9.59 Å². The van der Waals surface area contributed by atoms with Crippen LogP contribution in [0.25, 0.3) is 0 Å². The van der Waals surface area contributed by atoms with E-state index in [0.717, 1.165) is 0 Å².